The molecule has 0 aliphatic carbocycles. The molecule has 4 N–H and O–H groups in total. The van der Waals surface area contributed by atoms with Crippen LogP contribution in [0.4, 0.5) is 11.4 Å². The number of nitrogens with one attached hydrogen (secondary N) is 1. The van der Waals surface area contributed by atoms with Crippen molar-refractivity contribution >= 4 is 44.8 Å². The van der Waals surface area contributed by atoms with Gasteiger partial charge in [0.2, 0.25) is 0 Å². The van der Waals surface area contributed by atoms with Crippen LogP contribution in [0.3, 0.4) is 0 Å². The Morgan fingerprint density at radius 3 is 2.68 bits per heavy atom. The molecule has 2 aromatic carbocycles. The van der Waals surface area contributed by atoms with Gasteiger partial charge in [0.15, 0.2) is 0 Å². The maximum atomic E-state index is 12.0. The lowest BCUT2D eigenvalue weighted by atomic mass is 10.2. The van der Waals surface area contributed by atoms with Gasteiger partial charge in [-0.05, 0) is 52.3 Å². The third-order valence-electron chi connectivity index (χ3n) is 2.45. The van der Waals surface area contributed by atoms with E-state index in [-0.39, 0.29) is 16.7 Å². The molecule has 0 aliphatic heterocycles. The molecule has 0 fully saturated rings. The Balaban J connectivity index is 2.25. The first-order valence-corrected chi connectivity index (χ1v) is 6.49. The summed E-state index contributed by atoms with van der Waals surface area (Å²) in [5.74, 6) is -0.406. The maximum absolute atomic E-state index is 12.0. The third kappa shape index (κ3) is 3.19. The number of hydrogen-bond acceptors (Lipinski definition) is 3. The smallest absolute Gasteiger partial charge is 0.255 e. The topological polar surface area (TPSA) is 75.3 Å². The second kappa shape index (κ2) is 5.50. The van der Waals surface area contributed by atoms with Gasteiger partial charge in [0, 0.05) is 15.7 Å². The molecule has 4 nitrogen and oxygen atoms in total. The highest BCUT2D eigenvalue weighted by molar-refractivity contribution is 9.10. The zero-order valence-electron chi connectivity index (χ0n) is 9.65. The molecule has 0 aliphatic rings. The fourth-order valence-electron chi connectivity index (χ4n) is 1.48. The highest BCUT2D eigenvalue weighted by Gasteiger charge is 2.10. The fourth-order valence-corrected chi connectivity index (χ4v) is 2.01. The van der Waals surface area contributed by atoms with Crippen LogP contribution >= 0.6 is 27.5 Å². The predicted molar refractivity (Wildman–Crippen MR) is 79.6 cm³/mol. The molecule has 0 radical (unpaired) electrons. The number of halogens is 2. The molecule has 0 atom stereocenters. The summed E-state index contributed by atoms with van der Waals surface area (Å²) in [7, 11) is 0. The van der Waals surface area contributed by atoms with Gasteiger partial charge >= 0.3 is 0 Å². The van der Waals surface area contributed by atoms with E-state index in [0.717, 1.165) is 4.47 Å². The summed E-state index contributed by atoms with van der Waals surface area (Å²) >= 11 is 9.08. The van der Waals surface area contributed by atoms with Gasteiger partial charge in [0.05, 0.1) is 10.7 Å². The predicted octanol–water partition coefficient (Wildman–Crippen LogP) is 3.64. The van der Waals surface area contributed by atoms with Crippen molar-refractivity contribution in [3.63, 3.8) is 0 Å². The first-order chi connectivity index (χ1) is 8.97. The number of amides is 1. The van der Waals surface area contributed by atoms with E-state index in [1.807, 2.05) is 0 Å². The molecule has 6 heteroatoms. The Bertz CT molecular complexity index is 647. The van der Waals surface area contributed by atoms with Crippen molar-refractivity contribution in [1.82, 2.24) is 0 Å². The highest BCUT2D eigenvalue weighted by atomic mass is 79.9. The van der Waals surface area contributed by atoms with Crippen LogP contribution < -0.4 is 11.1 Å². The summed E-state index contributed by atoms with van der Waals surface area (Å²) in [4.78, 5) is 12.0. The van der Waals surface area contributed by atoms with Crippen molar-refractivity contribution in [1.29, 1.82) is 0 Å². The van der Waals surface area contributed by atoms with E-state index in [9.17, 15) is 9.90 Å². The summed E-state index contributed by atoms with van der Waals surface area (Å²) in [5, 5.41) is 12.1. The number of hydrogen-bond donors (Lipinski definition) is 3. The molecule has 0 bridgehead atoms. The van der Waals surface area contributed by atoms with Crippen molar-refractivity contribution in [3.8, 4) is 5.75 Å². The van der Waals surface area contributed by atoms with Crippen molar-refractivity contribution in [2.75, 3.05) is 11.1 Å². The Hall–Kier alpha value is -1.72. The van der Waals surface area contributed by atoms with Gasteiger partial charge in [-0.25, -0.2) is 0 Å². The van der Waals surface area contributed by atoms with E-state index in [1.165, 1.54) is 18.2 Å². The fraction of sp³-hybridized carbons (Fsp3) is 0. The zero-order chi connectivity index (χ0) is 14.0. The quantitative estimate of drug-likeness (QED) is 0.730. The van der Waals surface area contributed by atoms with Gasteiger partial charge in [-0.1, -0.05) is 11.6 Å². The van der Waals surface area contributed by atoms with Gasteiger partial charge in [-0.3, -0.25) is 4.79 Å². The van der Waals surface area contributed by atoms with Crippen molar-refractivity contribution < 1.29 is 9.90 Å². The Labute approximate surface area is 123 Å². The van der Waals surface area contributed by atoms with Crippen LogP contribution in [-0.4, -0.2) is 11.0 Å². The summed E-state index contributed by atoms with van der Waals surface area (Å²) in [6.07, 6.45) is 0. The number of rotatable bonds is 2. The van der Waals surface area contributed by atoms with Crippen LogP contribution in [0.5, 0.6) is 5.75 Å². The molecule has 0 spiro atoms. The molecule has 19 heavy (non-hydrogen) atoms. The number of carbonyl (C=O) groups is 1. The Morgan fingerprint density at radius 1 is 1.26 bits per heavy atom. The maximum Gasteiger partial charge on any atom is 0.255 e. The normalized spacial score (nSPS) is 10.2. The molecule has 0 aromatic heterocycles. The standard InChI is InChI=1S/C13H10BrClN2O2/c14-9-3-2-8(16)6-11(9)17-13(19)7-1-4-12(18)10(15)5-7/h1-6,18H,16H2,(H,17,19). The molecular weight excluding hydrogens is 332 g/mol. The van der Waals surface area contributed by atoms with Gasteiger partial charge < -0.3 is 16.2 Å². The van der Waals surface area contributed by atoms with Crippen LogP contribution in [0.15, 0.2) is 40.9 Å². The van der Waals surface area contributed by atoms with E-state index in [1.54, 1.807) is 18.2 Å². The van der Waals surface area contributed by atoms with E-state index < -0.39 is 0 Å². The SMILES string of the molecule is Nc1ccc(Br)c(NC(=O)c2ccc(O)c(Cl)c2)c1. The minimum absolute atomic E-state index is 0.0663. The number of nitrogen functional groups attached to an aromatic ring is 1. The van der Waals surface area contributed by atoms with Crippen LogP contribution in [0, 0.1) is 0 Å². The monoisotopic (exact) mass is 340 g/mol. The molecule has 98 valence electrons. The molecule has 0 saturated heterocycles. The van der Waals surface area contributed by atoms with Crippen molar-refractivity contribution in [2.24, 2.45) is 0 Å². The second-order valence-electron chi connectivity index (χ2n) is 3.86. The van der Waals surface area contributed by atoms with Gasteiger partial charge in [0.25, 0.3) is 5.91 Å². The lowest BCUT2D eigenvalue weighted by molar-refractivity contribution is 0.102. The lowest BCUT2D eigenvalue weighted by Gasteiger charge is -2.09. The number of phenolic OH excluding ortho intramolecular Hbond substituents is 1. The molecule has 0 saturated carbocycles. The van der Waals surface area contributed by atoms with E-state index in [2.05, 4.69) is 21.2 Å². The highest BCUT2D eigenvalue weighted by Crippen LogP contribution is 2.27. The van der Waals surface area contributed by atoms with Crippen molar-refractivity contribution in [2.45, 2.75) is 0 Å². The minimum Gasteiger partial charge on any atom is -0.506 e. The summed E-state index contributed by atoms with van der Waals surface area (Å²) < 4.78 is 0.722. The van der Waals surface area contributed by atoms with Crippen LogP contribution in [0.2, 0.25) is 5.02 Å². The second-order valence-corrected chi connectivity index (χ2v) is 5.12. The minimum atomic E-state index is -0.340. The van der Waals surface area contributed by atoms with Crippen LogP contribution in [0.25, 0.3) is 0 Å². The Morgan fingerprint density at radius 2 is 2.00 bits per heavy atom. The van der Waals surface area contributed by atoms with E-state index >= 15 is 0 Å². The molecular formula is C13H10BrClN2O2. The Kier molecular flexibility index (Phi) is 3.97. The molecule has 1 amide bonds. The lowest BCUT2D eigenvalue weighted by Crippen LogP contribution is -2.12. The summed E-state index contributed by atoms with van der Waals surface area (Å²) in [5.41, 5.74) is 7.11. The molecule has 0 unspecified atom stereocenters. The molecule has 2 aromatic rings. The number of nitrogens with two attached hydrogens (primary N) is 1. The first-order valence-electron chi connectivity index (χ1n) is 5.32. The van der Waals surface area contributed by atoms with Crippen molar-refractivity contribution in [3.05, 3.63) is 51.5 Å². The summed E-state index contributed by atoms with van der Waals surface area (Å²) in [6, 6.07) is 9.35. The number of phenols is 1. The number of benzene rings is 2. The summed E-state index contributed by atoms with van der Waals surface area (Å²) in [6.45, 7) is 0. The third-order valence-corrected chi connectivity index (χ3v) is 3.44. The number of aromatic hydroxyl groups is 1. The number of carbonyl (C=O) groups excluding carboxylic acids is 1. The number of anilines is 2. The molecule has 0 heterocycles. The van der Waals surface area contributed by atoms with E-state index in [4.69, 9.17) is 17.3 Å². The largest absolute Gasteiger partial charge is 0.506 e. The average molecular weight is 342 g/mol. The van der Waals surface area contributed by atoms with E-state index in [0.29, 0.717) is 16.9 Å². The van der Waals surface area contributed by atoms with Gasteiger partial charge in [0.1, 0.15) is 5.75 Å². The van der Waals surface area contributed by atoms with Crippen LogP contribution in [0.1, 0.15) is 10.4 Å². The van der Waals surface area contributed by atoms with Gasteiger partial charge in [-0.15, -0.1) is 0 Å². The van der Waals surface area contributed by atoms with Gasteiger partial charge in [-0.2, -0.15) is 0 Å². The zero-order valence-corrected chi connectivity index (χ0v) is 12.0. The van der Waals surface area contributed by atoms with Crippen LogP contribution in [-0.2, 0) is 0 Å². The first kappa shape index (κ1) is 13.7. The molecule has 2 rings (SSSR count). The average Bonchev–Trinajstić information content (AvgIpc) is 2.37.